The normalized spacial score (nSPS) is 20.8. The van der Waals surface area contributed by atoms with Crippen LogP contribution >= 0.6 is 0 Å². The van der Waals surface area contributed by atoms with Crippen LogP contribution in [-0.4, -0.2) is 41.8 Å². The molecule has 2 unspecified atom stereocenters. The Labute approximate surface area is 181 Å². The Kier molecular flexibility index (Phi) is 6.96. The molecule has 0 aliphatic carbocycles. The van der Waals surface area contributed by atoms with Crippen molar-refractivity contribution in [1.29, 1.82) is 0 Å². The molecule has 1 aliphatic heterocycles. The molecule has 3 aromatic rings. The first-order valence-electron chi connectivity index (χ1n) is 10.4. The number of hydrogen-bond acceptors (Lipinski definition) is 5. The van der Waals surface area contributed by atoms with E-state index >= 15 is 0 Å². The van der Waals surface area contributed by atoms with Gasteiger partial charge in [-0.3, -0.25) is 0 Å². The van der Waals surface area contributed by atoms with Gasteiger partial charge in [0.25, 0.3) is 0 Å². The lowest BCUT2D eigenvalue weighted by atomic mass is 10.0. The molecule has 0 amide bonds. The molecule has 0 saturated carbocycles. The molecule has 2 heterocycles. The van der Waals surface area contributed by atoms with E-state index in [1.807, 2.05) is 22.9 Å². The van der Waals surface area contributed by atoms with Gasteiger partial charge in [-0.15, -0.1) is 0 Å². The maximum absolute atomic E-state index is 13.0. The molecule has 2 aromatic carbocycles. The molecule has 6 nitrogen and oxygen atoms in total. The van der Waals surface area contributed by atoms with Gasteiger partial charge in [-0.2, -0.15) is 0 Å². The zero-order valence-electron chi connectivity index (χ0n) is 17.6. The topological polar surface area (TPSA) is 54.7 Å². The number of nitrogens with zero attached hydrogens (tertiary/aromatic N) is 2. The number of hydrogen-bond donors (Lipinski definition) is 0. The summed E-state index contributed by atoms with van der Waals surface area (Å²) >= 11 is 0. The van der Waals surface area contributed by atoms with Gasteiger partial charge >= 0.3 is 0 Å². The summed E-state index contributed by atoms with van der Waals surface area (Å²) in [4.78, 5) is 4.13. The predicted molar refractivity (Wildman–Crippen MR) is 113 cm³/mol. The van der Waals surface area contributed by atoms with Crippen molar-refractivity contribution in [1.82, 2.24) is 9.55 Å². The summed E-state index contributed by atoms with van der Waals surface area (Å²) < 4.78 is 38.6. The Balaban J connectivity index is 1.35. The van der Waals surface area contributed by atoms with Crippen LogP contribution in [0.25, 0.3) is 0 Å². The van der Waals surface area contributed by atoms with Crippen molar-refractivity contribution in [2.24, 2.45) is 0 Å². The maximum Gasteiger partial charge on any atom is 0.187 e. The Morgan fingerprint density at radius 3 is 2.61 bits per heavy atom. The highest BCUT2D eigenvalue weighted by Gasteiger charge is 2.41. The molecular formula is C24H27FN2O4. The number of aryl methyl sites for hydroxylation is 1. The quantitative estimate of drug-likeness (QED) is 0.491. The van der Waals surface area contributed by atoms with Gasteiger partial charge in [-0.05, 0) is 41.8 Å². The molecule has 1 saturated heterocycles. The Hall–Kier alpha value is -2.74. The molecule has 164 valence electrons. The highest BCUT2D eigenvalue weighted by molar-refractivity contribution is 5.27. The zero-order valence-corrected chi connectivity index (χ0v) is 17.6. The summed E-state index contributed by atoms with van der Waals surface area (Å²) in [5, 5.41) is 0. The van der Waals surface area contributed by atoms with E-state index < -0.39 is 5.79 Å². The lowest BCUT2D eigenvalue weighted by Gasteiger charge is -2.28. The summed E-state index contributed by atoms with van der Waals surface area (Å²) in [5.74, 6) is -0.161. The monoisotopic (exact) mass is 426 g/mol. The summed E-state index contributed by atoms with van der Waals surface area (Å²) in [6.07, 6.45) is 6.75. The molecule has 1 fully saturated rings. The minimum absolute atomic E-state index is 0.167. The molecule has 4 rings (SSSR count). The first-order chi connectivity index (χ1) is 15.1. The second kappa shape index (κ2) is 10.0. The first kappa shape index (κ1) is 21.5. The van der Waals surface area contributed by atoms with Crippen molar-refractivity contribution in [3.63, 3.8) is 0 Å². The molecule has 2 atom stereocenters. The van der Waals surface area contributed by atoms with E-state index in [1.165, 1.54) is 17.7 Å². The third-order valence-electron chi connectivity index (χ3n) is 5.34. The molecule has 0 radical (unpaired) electrons. The van der Waals surface area contributed by atoms with Crippen LogP contribution in [-0.2, 0) is 33.8 Å². The predicted octanol–water partition coefficient (Wildman–Crippen LogP) is 3.99. The maximum atomic E-state index is 13.0. The lowest BCUT2D eigenvalue weighted by Crippen LogP contribution is -2.37. The minimum Gasteiger partial charge on any atom is -0.497 e. The van der Waals surface area contributed by atoms with Crippen molar-refractivity contribution < 1.29 is 23.3 Å². The summed E-state index contributed by atoms with van der Waals surface area (Å²) in [6, 6.07) is 14.3. The number of rotatable bonds is 10. The lowest BCUT2D eigenvalue weighted by molar-refractivity contribution is -0.187. The van der Waals surface area contributed by atoms with Crippen LogP contribution in [0.3, 0.4) is 0 Å². The molecule has 1 aromatic heterocycles. The van der Waals surface area contributed by atoms with Crippen molar-refractivity contribution in [3.8, 4) is 5.75 Å². The Morgan fingerprint density at radius 1 is 1.13 bits per heavy atom. The van der Waals surface area contributed by atoms with Gasteiger partial charge in [0.2, 0.25) is 0 Å². The fourth-order valence-corrected chi connectivity index (χ4v) is 3.67. The van der Waals surface area contributed by atoms with E-state index in [2.05, 4.69) is 17.1 Å². The van der Waals surface area contributed by atoms with Gasteiger partial charge < -0.3 is 23.5 Å². The van der Waals surface area contributed by atoms with E-state index in [4.69, 9.17) is 18.9 Å². The standard InChI is InChI=1S/C24H27FN2O4/c1-28-22-8-4-19(5-9-22)10-11-24(17-27-13-12-26-18-27)30-16-23(31-24)15-29-14-20-2-6-21(25)7-3-20/h2-9,12-13,18,23H,10-11,14-17H2,1H3. The van der Waals surface area contributed by atoms with Crippen molar-refractivity contribution >= 4 is 0 Å². The summed E-state index contributed by atoms with van der Waals surface area (Å²) in [6.45, 7) is 1.82. The van der Waals surface area contributed by atoms with E-state index in [1.54, 1.807) is 31.8 Å². The fraction of sp³-hybridized carbons (Fsp3) is 0.375. The third kappa shape index (κ3) is 5.91. The van der Waals surface area contributed by atoms with Crippen LogP contribution in [0.5, 0.6) is 5.75 Å². The molecule has 7 heteroatoms. The van der Waals surface area contributed by atoms with Crippen molar-refractivity contribution in [2.75, 3.05) is 20.3 Å². The largest absolute Gasteiger partial charge is 0.497 e. The van der Waals surface area contributed by atoms with Crippen LogP contribution in [0.15, 0.2) is 67.3 Å². The van der Waals surface area contributed by atoms with Gasteiger partial charge in [0.05, 0.1) is 39.8 Å². The van der Waals surface area contributed by atoms with Crippen LogP contribution in [0.1, 0.15) is 17.5 Å². The van der Waals surface area contributed by atoms with Gasteiger partial charge in [0.15, 0.2) is 5.79 Å². The fourth-order valence-electron chi connectivity index (χ4n) is 3.67. The molecule has 0 N–H and O–H groups in total. The van der Waals surface area contributed by atoms with Gasteiger partial charge in [0.1, 0.15) is 17.7 Å². The molecule has 0 bridgehead atoms. The van der Waals surface area contributed by atoms with Crippen LogP contribution in [0.4, 0.5) is 4.39 Å². The molecule has 0 spiro atoms. The smallest absolute Gasteiger partial charge is 0.187 e. The highest BCUT2D eigenvalue weighted by atomic mass is 19.1. The second-order valence-corrected chi connectivity index (χ2v) is 7.69. The van der Waals surface area contributed by atoms with E-state index in [0.717, 1.165) is 17.7 Å². The van der Waals surface area contributed by atoms with Gasteiger partial charge in [0, 0.05) is 18.8 Å². The van der Waals surface area contributed by atoms with Crippen molar-refractivity contribution in [3.05, 3.63) is 84.2 Å². The summed E-state index contributed by atoms with van der Waals surface area (Å²) in [5.41, 5.74) is 2.11. The Morgan fingerprint density at radius 2 is 1.90 bits per heavy atom. The number of ether oxygens (including phenoxy) is 4. The zero-order chi connectivity index (χ0) is 21.5. The third-order valence-corrected chi connectivity index (χ3v) is 5.34. The van der Waals surface area contributed by atoms with Gasteiger partial charge in [-0.25, -0.2) is 9.37 Å². The number of imidazole rings is 1. The molecule has 31 heavy (non-hydrogen) atoms. The minimum atomic E-state index is -0.746. The average Bonchev–Trinajstić information content (AvgIpc) is 3.45. The number of benzene rings is 2. The van der Waals surface area contributed by atoms with Crippen LogP contribution < -0.4 is 4.74 Å². The van der Waals surface area contributed by atoms with Crippen LogP contribution in [0.2, 0.25) is 0 Å². The van der Waals surface area contributed by atoms with Crippen molar-refractivity contribution in [2.45, 2.75) is 37.9 Å². The number of aromatic nitrogens is 2. The molecule has 1 aliphatic rings. The Bertz CT molecular complexity index is 931. The average molecular weight is 426 g/mol. The SMILES string of the molecule is COc1ccc(CCC2(Cn3ccnc3)OCC(COCc3ccc(F)cc3)O2)cc1. The number of halogens is 1. The highest BCUT2D eigenvalue weighted by Crippen LogP contribution is 2.31. The summed E-state index contributed by atoms with van der Waals surface area (Å²) in [7, 11) is 1.66. The second-order valence-electron chi connectivity index (χ2n) is 7.69. The first-order valence-corrected chi connectivity index (χ1v) is 10.4. The van der Waals surface area contributed by atoms with Gasteiger partial charge in [-0.1, -0.05) is 24.3 Å². The van der Waals surface area contributed by atoms with E-state index in [9.17, 15) is 4.39 Å². The molecular weight excluding hydrogens is 399 g/mol. The van der Waals surface area contributed by atoms with E-state index in [0.29, 0.717) is 32.8 Å². The number of methoxy groups -OCH3 is 1. The van der Waals surface area contributed by atoms with E-state index in [-0.39, 0.29) is 11.9 Å². The van der Waals surface area contributed by atoms with Crippen LogP contribution in [0, 0.1) is 5.82 Å².